The molecule has 232 valence electrons. The molecule has 3 amide bonds. The Bertz CT molecular complexity index is 1360. The lowest BCUT2D eigenvalue weighted by molar-refractivity contribution is -0.182. The van der Waals surface area contributed by atoms with Crippen LogP contribution in [-0.4, -0.2) is 50.7 Å². The van der Waals surface area contributed by atoms with Gasteiger partial charge in [0.15, 0.2) is 5.76 Å². The first-order valence-electron chi connectivity index (χ1n) is 14.2. The molecule has 1 atom stereocenters. The number of nitrogens with zero attached hydrogens (tertiary/aromatic N) is 1. The van der Waals surface area contributed by atoms with Gasteiger partial charge >= 0.3 is 7.60 Å². The summed E-state index contributed by atoms with van der Waals surface area (Å²) in [6.45, 7) is 2.26. The summed E-state index contributed by atoms with van der Waals surface area (Å²) in [5.74, 6) is -0.931. The highest BCUT2D eigenvalue weighted by Crippen LogP contribution is 2.45. The SMILES string of the molecule is CCCCCC[C@H](CN(C=O)OCc1ccccc1)C(=O)NCNC(=O)c1ccc(-c2cccc(P(=O)(OC)OC)c2)o1. The zero-order valence-electron chi connectivity index (χ0n) is 24.8. The summed E-state index contributed by atoms with van der Waals surface area (Å²) in [6, 6.07) is 19.2. The Balaban J connectivity index is 1.57. The van der Waals surface area contributed by atoms with E-state index in [9.17, 15) is 18.9 Å². The number of carbonyl (C=O) groups is 3. The second kappa shape index (κ2) is 17.4. The number of carbonyl (C=O) groups excluding carboxylic acids is 3. The maximum absolute atomic E-state index is 13.1. The minimum Gasteiger partial charge on any atom is -0.451 e. The molecule has 1 heterocycles. The molecule has 0 bridgehead atoms. The van der Waals surface area contributed by atoms with E-state index in [1.807, 2.05) is 30.3 Å². The summed E-state index contributed by atoms with van der Waals surface area (Å²) in [4.78, 5) is 43.1. The van der Waals surface area contributed by atoms with E-state index in [-0.39, 0.29) is 31.5 Å². The lowest BCUT2D eigenvalue weighted by atomic mass is 9.99. The molecule has 0 aliphatic carbocycles. The van der Waals surface area contributed by atoms with E-state index in [4.69, 9.17) is 18.3 Å². The largest absolute Gasteiger partial charge is 0.451 e. The van der Waals surface area contributed by atoms with E-state index in [2.05, 4.69) is 17.6 Å². The fourth-order valence-electron chi connectivity index (χ4n) is 4.37. The maximum Gasteiger partial charge on any atom is 0.360 e. The summed E-state index contributed by atoms with van der Waals surface area (Å²) in [7, 11) is -0.851. The van der Waals surface area contributed by atoms with E-state index in [0.717, 1.165) is 36.3 Å². The van der Waals surface area contributed by atoms with Crippen LogP contribution in [0.15, 0.2) is 71.1 Å². The number of hydrogen-bond donors (Lipinski definition) is 2. The topological polar surface area (TPSA) is 136 Å². The van der Waals surface area contributed by atoms with Crippen molar-refractivity contribution in [1.29, 1.82) is 0 Å². The third kappa shape index (κ3) is 10.2. The van der Waals surface area contributed by atoms with Crippen molar-refractivity contribution in [1.82, 2.24) is 15.7 Å². The molecular weight excluding hydrogens is 573 g/mol. The fourth-order valence-corrected chi connectivity index (χ4v) is 5.51. The van der Waals surface area contributed by atoms with Crippen LogP contribution < -0.4 is 15.9 Å². The van der Waals surface area contributed by atoms with E-state index in [1.165, 1.54) is 20.3 Å². The lowest BCUT2D eigenvalue weighted by Gasteiger charge is -2.23. The number of benzene rings is 2. The van der Waals surface area contributed by atoms with E-state index in [1.54, 1.807) is 30.3 Å². The highest BCUT2D eigenvalue weighted by atomic mass is 31.2. The van der Waals surface area contributed by atoms with Gasteiger partial charge < -0.3 is 24.1 Å². The zero-order valence-corrected chi connectivity index (χ0v) is 25.7. The number of hydrogen-bond acceptors (Lipinski definition) is 8. The maximum atomic E-state index is 13.1. The third-order valence-electron chi connectivity index (χ3n) is 6.80. The molecule has 12 heteroatoms. The lowest BCUT2D eigenvalue weighted by Crippen LogP contribution is -2.43. The van der Waals surface area contributed by atoms with Gasteiger partial charge in [-0.25, -0.2) is 5.06 Å². The zero-order chi connectivity index (χ0) is 31.1. The Morgan fingerprint density at radius 2 is 1.74 bits per heavy atom. The van der Waals surface area contributed by atoms with Crippen molar-refractivity contribution in [3.05, 3.63) is 78.1 Å². The van der Waals surface area contributed by atoms with Crippen molar-refractivity contribution in [2.75, 3.05) is 27.4 Å². The first-order valence-corrected chi connectivity index (χ1v) is 15.7. The van der Waals surface area contributed by atoms with Crippen molar-refractivity contribution < 1.29 is 37.3 Å². The molecule has 43 heavy (non-hydrogen) atoms. The molecule has 3 rings (SSSR count). The summed E-state index contributed by atoms with van der Waals surface area (Å²) >= 11 is 0. The van der Waals surface area contributed by atoms with Crippen LogP contribution in [0.5, 0.6) is 0 Å². The van der Waals surface area contributed by atoms with Crippen LogP contribution in [0.4, 0.5) is 0 Å². The molecule has 0 spiro atoms. The first-order chi connectivity index (χ1) is 20.8. The highest BCUT2D eigenvalue weighted by Gasteiger charge is 2.25. The van der Waals surface area contributed by atoms with Crippen molar-refractivity contribution in [3.63, 3.8) is 0 Å². The second-order valence-corrected chi connectivity index (χ2v) is 12.1. The van der Waals surface area contributed by atoms with E-state index in [0.29, 0.717) is 29.5 Å². The molecule has 0 unspecified atom stereocenters. The van der Waals surface area contributed by atoms with Crippen molar-refractivity contribution in [2.45, 2.75) is 45.6 Å². The van der Waals surface area contributed by atoms with Crippen LogP contribution in [-0.2, 0) is 34.6 Å². The molecule has 0 aliphatic rings. The molecular formula is C31H40N3O8P. The van der Waals surface area contributed by atoms with Crippen LogP contribution >= 0.6 is 7.60 Å². The van der Waals surface area contributed by atoms with Gasteiger partial charge in [-0.05, 0) is 36.2 Å². The molecule has 0 saturated carbocycles. The van der Waals surface area contributed by atoms with Crippen molar-refractivity contribution in [2.24, 2.45) is 5.92 Å². The standard InChI is InChI=1S/C31H40N3O8P/c1-4-5-6-10-14-26(20-34(23-35)41-21-24-12-8-7-9-13-24)30(36)32-22-33-31(37)29-18-17-28(42-29)25-15-11-16-27(19-25)43(38,39-2)40-3/h7-9,11-13,15-19,23,26H,4-6,10,14,20-22H2,1-3H3,(H,32,36)(H,33,37)/t26-/m1/s1. The van der Waals surface area contributed by atoms with Gasteiger partial charge in [0.1, 0.15) is 12.4 Å². The molecule has 2 N–H and O–H groups in total. The van der Waals surface area contributed by atoms with Gasteiger partial charge in [0, 0.05) is 19.8 Å². The van der Waals surface area contributed by atoms with Gasteiger partial charge in [0.25, 0.3) is 5.91 Å². The predicted molar refractivity (Wildman–Crippen MR) is 162 cm³/mol. The third-order valence-corrected chi connectivity index (χ3v) is 8.68. The van der Waals surface area contributed by atoms with Gasteiger partial charge in [0.05, 0.1) is 24.4 Å². The van der Waals surface area contributed by atoms with Crippen LogP contribution in [0.2, 0.25) is 0 Å². The van der Waals surface area contributed by atoms with Crippen molar-refractivity contribution in [3.8, 4) is 11.3 Å². The molecule has 0 aliphatic heterocycles. The Morgan fingerprint density at radius 1 is 0.977 bits per heavy atom. The molecule has 2 aromatic carbocycles. The summed E-state index contributed by atoms with van der Waals surface area (Å²) < 4.78 is 28.6. The average molecular weight is 614 g/mol. The molecule has 0 fully saturated rings. The van der Waals surface area contributed by atoms with Gasteiger partial charge in [-0.1, -0.05) is 75.1 Å². The number of nitrogens with one attached hydrogen (secondary N) is 2. The minimum atomic E-state index is -3.46. The monoisotopic (exact) mass is 613 g/mol. The van der Waals surface area contributed by atoms with Gasteiger partial charge in [0.2, 0.25) is 12.3 Å². The number of amides is 3. The normalized spacial score (nSPS) is 12.0. The molecule has 0 radical (unpaired) electrons. The smallest absolute Gasteiger partial charge is 0.360 e. The average Bonchev–Trinajstić information content (AvgIpc) is 3.55. The molecule has 0 saturated heterocycles. The number of furan rings is 1. The first kappa shape index (κ1) is 33.7. The Labute approximate surface area is 252 Å². The van der Waals surface area contributed by atoms with Gasteiger partial charge in [-0.3, -0.25) is 23.8 Å². The Hall–Kier alpha value is -3.76. The number of hydroxylamine groups is 2. The Morgan fingerprint density at radius 3 is 2.44 bits per heavy atom. The highest BCUT2D eigenvalue weighted by molar-refractivity contribution is 7.62. The molecule has 1 aromatic heterocycles. The van der Waals surface area contributed by atoms with E-state index >= 15 is 0 Å². The van der Waals surface area contributed by atoms with Crippen LogP contribution in [0, 0.1) is 5.92 Å². The molecule has 3 aromatic rings. The number of rotatable bonds is 19. The second-order valence-electron chi connectivity index (χ2n) is 9.81. The van der Waals surface area contributed by atoms with Crippen molar-refractivity contribution >= 4 is 31.1 Å². The minimum absolute atomic E-state index is 0.0360. The number of unbranched alkanes of at least 4 members (excludes halogenated alkanes) is 3. The van der Waals surface area contributed by atoms with E-state index < -0.39 is 19.4 Å². The van der Waals surface area contributed by atoms with Crippen LogP contribution in [0.1, 0.15) is 55.1 Å². The quantitative estimate of drug-likeness (QED) is 0.0631. The van der Waals surface area contributed by atoms with Gasteiger partial charge in [-0.15, -0.1) is 0 Å². The Kier molecular flexibility index (Phi) is 13.6. The summed E-state index contributed by atoms with van der Waals surface area (Å²) in [6.07, 6.45) is 5.05. The predicted octanol–water partition coefficient (Wildman–Crippen LogP) is 5.04. The van der Waals surface area contributed by atoms with Gasteiger partial charge in [-0.2, -0.15) is 0 Å². The van der Waals surface area contributed by atoms with Crippen LogP contribution in [0.25, 0.3) is 11.3 Å². The fraction of sp³-hybridized carbons (Fsp3) is 0.387. The van der Waals surface area contributed by atoms with Crippen LogP contribution in [0.3, 0.4) is 0 Å². The summed E-state index contributed by atoms with van der Waals surface area (Å²) in [5, 5.41) is 6.86. The molecule has 11 nitrogen and oxygen atoms in total. The summed E-state index contributed by atoms with van der Waals surface area (Å²) in [5.41, 5.74) is 1.49.